The number of aliphatic imine (C=N–C) groups is 1. The van der Waals surface area contributed by atoms with Crippen LogP contribution in [0.1, 0.15) is 50.4 Å². The van der Waals surface area contributed by atoms with Crippen molar-refractivity contribution in [2.24, 2.45) is 4.99 Å². The van der Waals surface area contributed by atoms with E-state index in [2.05, 4.69) is 56.3 Å². The Morgan fingerprint density at radius 1 is 1.09 bits per heavy atom. The highest BCUT2D eigenvalue weighted by molar-refractivity contribution is 5.79. The first-order valence-corrected chi connectivity index (χ1v) is 12.2. The number of benzene rings is 1. The molecule has 7 nitrogen and oxygen atoms in total. The summed E-state index contributed by atoms with van der Waals surface area (Å²) in [6.07, 6.45) is 10.4. The summed E-state index contributed by atoms with van der Waals surface area (Å²) in [5.74, 6) is 1.85. The normalized spacial score (nSPS) is 19.6. The third-order valence-corrected chi connectivity index (χ3v) is 6.77. The summed E-state index contributed by atoms with van der Waals surface area (Å²) < 4.78 is 7.81. The van der Waals surface area contributed by atoms with Crippen LogP contribution < -0.4 is 10.6 Å². The van der Waals surface area contributed by atoms with Crippen molar-refractivity contribution < 1.29 is 4.74 Å². The van der Waals surface area contributed by atoms with Gasteiger partial charge in [0.15, 0.2) is 5.96 Å². The molecule has 0 unspecified atom stereocenters. The molecule has 7 heteroatoms. The molecule has 0 amide bonds. The van der Waals surface area contributed by atoms with Crippen LogP contribution in [0, 0.1) is 0 Å². The van der Waals surface area contributed by atoms with Crippen molar-refractivity contribution in [2.75, 3.05) is 39.4 Å². The minimum atomic E-state index is 0.212. The van der Waals surface area contributed by atoms with E-state index in [-0.39, 0.29) is 5.54 Å². The van der Waals surface area contributed by atoms with Crippen molar-refractivity contribution in [3.8, 4) is 0 Å². The molecule has 4 rings (SSSR count). The molecule has 2 N–H and O–H groups in total. The van der Waals surface area contributed by atoms with Crippen LogP contribution in [0.5, 0.6) is 0 Å². The number of aromatic nitrogens is 2. The Bertz CT molecular complexity index is 837. The van der Waals surface area contributed by atoms with Gasteiger partial charge in [-0.2, -0.15) is 0 Å². The minimum absolute atomic E-state index is 0.212. The van der Waals surface area contributed by atoms with Gasteiger partial charge >= 0.3 is 0 Å². The molecule has 2 aliphatic rings. The molecule has 1 saturated carbocycles. The smallest absolute Gasteiger partial charge is 0.191 e. The maximum atomic E-state index is 5.63. The zero-order valence-corrected chi connectivity index (χ0v) is 19.4. The highest BCUT2D eigenvalue weighted by atomic mass is 16.5. The summed E-state index contributed by atoms with van der Waals surface area (Å²) in [5.41, 5.74) is 1.48. The Morgan fingerprint density at radius 2 is 1.88 bits per heavy atom. The van der Waals surface area contributed by atoms with Crippen LogP contribution in [-0.4, -0.2) is 65.3 Å². The van der Waals surface area contributed by atoms with Crippen LogP contribution in [-0.2, 0) is 17.8 Å². The van der Waals surface area contributed by atoms with Gasteiger partial charge in [0, 0.05) is 50.7 Å². The number of rotatable bonds is 8. The van der Waals surface area contributed by atoms with Crippen molar-refractivity contribution >= 4 is 5.96 Å². The van der Waals surface area contributed by atoms with E-state index >= 15 is 0 Å². The average Bonchev–Trinajstić information content (AvgIpc) is 3.29. The second kappa shape index (κ2) is 11.5. The molecule has 0 atom stereocenters. The Morgan fingerprint density at radius 3 is 2.62 bits per heavy atom. The summed E-state index contributed by atoms with van der Waals surface area (Å²) in [4.78, 5) is 12.1. The molecule has 32 heavy (non-hydrogen) atoms. The number of guanidine groups is 1. The third kappa shape index (κ3) is 5.90. The van der Waals surface area contributed by atoms with E-state index < -0.39 is 0 Å². The first-order chi connectivity index (χ1) is 15.8. The zero-order chi connectivity index (χ0) is 22.1. The molecule has 1 aromatic heterocycles. The van der Waals surface area contributed by atoms with Crippen molar-refractivity contribution in [2.45, 2.75) is 57.7 Å². The van der Waals surface area contributed by atoms with Gasteiger partial charge in [0.25, 0.3) is 0 Å². The molecule has 1 aliphatic heterocycles. The lowest BCUT2D eigenvalue weighted by atomic mass is 9.80. The van der Waals surface area contributed by atoms with E-state index in [4.69, 9.17) is 9.73 Å². The largest absolute Gasteiger partial charge is 0.379 e. The van der Waals surface area contributed by atoms with Gasteiger partial charge in [-0.15, -0.1) is 0 Å². The fourth-order valence-electron chi connectivity index (χ4n) is 5.01. The predicted molar refractivity (Wildman–Crippen MR) is 129 cm³/mol. The Hall–Kier alpha value is -2.38. The van der Waals surface area contributed by atoms with Gasteiger partial charge in [-0.1, -0.05) is 49.6 Å². The van der Waals surface area contributed by atoms with Crippen LogP contribution in [0.25, 0.3) is 0 Å². The van der Waals surface area contributed by atoms with Crippen LogP contribution in [0.15, 0.2) is 47.7 Å². The van der Waals surface area contributed by atoms with E-state index in [0.717, 1.165) is 57.7 Å². The third-order valence-electron chi connectivity index (χ3n) is 6.77. The molecular formula is C25H38N6O. The lowest BCUT2D eigenvalue weighted by Crippen LogP contribution is -2.60. The van der Waals surface area contributed by atoms with E-state index in [1.807, 2.05) is 18.5 Å². The van der Waals surface area contributed by atoms with Crippen LogP contribution in [0.2, 0.25) is 0 Å². The molecule has 1 aromatic carbocycles. The lowest BCUT2D eigenvalue weighted by Gasteiger charge is -2.48. The van der Waals surface area contributed by atoms with Gasteiger partial charge in [0.2, 0.25) is 0 Å². The summed E-state index contributed by atoms with van der Waals surface area (Å²) in [6.45, 7) is 9.02. The fraction of sp³-hybridized carbons (Fsp3) is 0.600. The van der Waals surface area contributed by atoms with Crippen LogP contribution in [0.3, 0.4) is 0 Å². The molecule has 2 heterocycles. The number of ether oxygens (including phenoxy) is 1. The fourth-order valence-corrected chi connectivity index (χ4v) is 5.01. The lowest BCUT2D eigenvalue weighted by molar-refractivity contribution is -0.0352. The molecule has 1 saturated heterocycles. The van der Waals surface area contributed by atoms with Crippen LogP contribution in [0.4, 0.5) is 0 Å². The SMILES string of the molecule is CCNC(=NCc1nccn1Cc1ccccc1)NCC1(N2CCOCC2)CCCCC1. The number of hydrogen-bond acceptors (Lipinski definition) is 4. The van der Waals surface area contributed by atoms with Crippen molar-refractivity contribution in [3.05, 3.63) is 54.1 Å². The summed E-state index contributed by atoms with van der Waals surface area (Å²) in [6, 6.07) is 10.5. The maximum absolute atomic E-state index is 5.63. The molecule has 2 fully saturated rings. The van der Waals surface area contributed by atoms with E-state index in [9.17, 15) is 0 Å². The number of nitrogens with one attached hydrogen (secondary N) is 2. The molecule has 2 aromatic rings. The molecule has 1 aliphatic carbocycles. The number of nitrogens with zero attached hydrogens (tertiary/aromatic N) is 4. The Balaban J connectivity index is 1.41. The van der Waals surface area contributed by atoms with Gasteiger partial charge in [0.1, 0.15) is 12.4 Å². The summed E-state index contributed by atoms with van der Waals surface area (Å²) >= 11 is 0. The maximum Gasteiger partial charge on any atom is 0.191 e. The Labute approximate surface area is 192 Å². The van der Waals surface area contributed by atoms with Gasteiger partial charge < -0.3 is 19.9 Å². The van der Waals surface area contributed by atoms with Gasteiger partial charge in [0.05, 0.1) is 13.2 Å². The minimum Gasteiger partial charge on any atom is -0.379 e. The monoisotopic (exact) mass is 438 g/mol. The highest BCUT2D eigenvalue weighted by Gasteiger charge is 2.38. The first kappa shape index (κ1) is 22.8. The molecule has 0 spiro atoms. The van der Waals surface area contributed by atoms with E-state index in [0.29, 0.717) is 6.54 Å². The van der Waals surface area contributed by atoms with Crippen molar-refractivity contribution in [3.63, 3.8) is 0 Å². The van der Waals surface area contributed by atoms with Gasteiger partial charge in [-0.3, -0.25) is 4.90 Å². The predicted octanol–water partition coefficient (Wildman–Crippen LogP) is 3.02. The van der Waals surface area contributed by atoms with Crippen LogP contribution >= 0.6 is 0 Å². The summed E-state index contributed by atoms with van der Waals surface area (Å²) in [5, 5.41) is 7.11. The molecular weight excluding hydrogens is 400 g/mol. The second-order valence-electron chi connectivity index (χ2n) is 8.89. The highest BCUT2D eigenvalue weighted by Crippen LogP contribution is 2.33. The topological polar surface area (TPSA) is 66.7 Å². The average molecular weight is 439 g/mol. The first-order valence-electron chi connectivity index (χ1n) is 12.2. The number of morpholine rings is 1. The van der Waals surface area contributed by atoms with Gasteiger partial charge in [-0.25, -0.2) is 9.98 Å². The molecule has 0 bridgehead atoms. The molecule has 174 valence electrons. The van der Waals surface area contributed by atoms with Gasteiger partial charge in [-0.05, 0) is 25.3 Å². The van der Waals surface area contributed by atoms with Crippen molar-refractivity contribution in [1.82, 2.24) is 25.1 Å². The number of imidazole rings is 1. The molecule has 0 radical (unpaired) electrons. The quantitative estimate of drug-likeness (QED) is 0.490. The van der Waals surface area contributed by atoms with E-state index in [1.54, 1.807) is 0 Å². The second-order valence-corrected chi connectivity index (χ2v) is 8.89. The van der Waals surface area contributed by atoms with E-state index in [1.165, 1.54) is 37.7 Å². The van der Waals surface area contributed by atoms with Crippen molar-refractivity contribution in [1.29, 1.82) is 0 Å². The summed E-state index contributed by atoms with van der Waals surface area (Å²) in [7, 11) is 0. The number of hydrogen-bond donors (Lipinski definition) is 2. The Kier molecular flexibility index (Phi) is 8.18. The zero-order valence-electron chi connectivity index (χ0n) is 19.4. The standard InChI is InChI=1S/C25H38N6O/c1-2-26-24(28-19-23-27-13-14-30(23)20-22-9-5-3-6-10-22)29-21-25(11-7-4-8-12-25)31-15-17-32-18-16-31/h3,5-6,9-10,13-14H,2,4,7-8,11-12,15-21H2,1H3,(H2,26,28,29).